The summed E-state index contributed by atoms with van der Waals surface area (Å²) in [4.78, 5) is 30.8. The normalized spacial score (nSPS) is 14.8. The fraction of sp³-hybridized carbons (Fsp3) is 0.562. The first-order valence-corrected chi connectivity index (χ1v) is 8.10. The summed E-state index contributed by atoms with van der Waals surface area (Å²) in [6, 6.07) is 0. The number of carbonyl (C=O) groups is 1. The highest BCUT2D eigenvalue weighted by Gasteiger charge is 2.32. The van der Waals surface area contributed by atoms with Crippen LogP contribution in [0.1, 0.15) is 45.2 Å². The summed E-state index contributed by atoms with van der Waals surface area (Å²) in [5.41, 5.74) is 7.94. The Kier molecular flexibility index (Phi) is 3.98. The Hall–Kier alpha value is -2.51. The molecule has 8 heteroatoms. The van der Waals surface area contributed by atoms with Crippen molar-refractivity contribution in [2.75, 3.05) is 12.3 Å². The Balaban J connectivity index is 1.83. The Morgan fingerprint density at radius 2 is 2.21 bits per heavy atom. The van der Waals surface area contributed by atoms with Gasteiger partial charge in [-0.3, -0.25) is 4.79 Å². The van der Waals surface area contributed by atoms with Gasteiger partial charge in [0.2, 0.25) is 0 Å². The van der Waals surface area contributed by atoms with Gasteiger partial charge in [-0.15, -0.1) is 0 Å². The summed E-state index contributed by atoms with van der Waals surface area (Å²) in [5.74, 6) is 0.361. The summed E-state index contributed by atoms with van der Waals surface area (Å²) in [7, 11) is 0. The van der Waals surface area contributed by atoms with Gasteiger partial charge in [0.05, 0.1) is 12.0 Å². The summed E-state index contributed by atoms with van der Waals surface area (Å²) >= 11 is 0. The van der Waals surface area contributed by atoms with Crippen molar-refractivity contribution in [3.05, 3.63) is 22.4 Å². The maximum absolute atomic E-state index is 12.2. The standard InChI is InChI=1S/C16H23N5O3/c1-16(2,3)24-15(23)18-6-7-21-12(9-4-5-9)10(17)11-13(21)14(22)20-8-19-11/h8-9H,4-7,17H2,1-3H3,(H,18,23)(H,19,20,22). The van der Waals surface area contributed by atoms with Crippen LogP contribution >= 0.6 is 0 Å². The molecule has 1 saturated carbocycles. The number of hydrogen-bond acceptors (Lipinski definition) is 5. The molecule has 0 spiro atoms. The minimum absolute atomic E-state index is 0.226. The zero-order chi connectivity index (χ0) is 17.5. The molecule has 0 bridgehead atoms. The van der Waals surface area contributed by atoms with Gasteiger partial charge in [0, 0.05) is 24.7 Å². The van der Waals surface area contributed by atoms with E-state index in [0.717, 1.165) is 18.5 Å². The number of aromatic nitrogens is 3. The van der Waals surface area contributed by atoms with Crippen molar-refractivity contribution in [1.29, 1.82) is 0 Å². The highest BCUT2D eigenvalue weighted by molar-refractivity contribution is 5.90. The molecular formula is C16H23N5O3. The van der Waals surface area contributed by atoms with Gasteiger partial charge in [0.25, 0.3) is 5.56 Å². The van der Waals surface area contributed by atoms with Gasteiger partial charge in [-0.1, -0.05) is 0 Å². The van der Waals surface area contributed by atoms with Crippen LogP contribution in [0.5, 0.6) is 0 Å². The predicted octanol–water partition coefficient (Wildman–Crippen LogP) is 1.71. The monoisotopic (exact) mass is 333 g/mol. The van der Waals surface area contributed by atoms with E-state index in [4.69, 9.17) is 10.5 Å². The first-order valence-electron chi connectivity index (χ1n) is 8.10. The van der Waals surface area contributed by atoms with Crippen molar-refractivity contribution in [1.82, 2.24) is 19.9 Å². The molecule has 8 nitrogen and oxygen atoms in total. The number of nitrogens with two attached hydrogens (primary N) is 1. The van der Waals surface area contributed by atoms with Gasteiger partial charge in [-0.05, 0) is 33.6 Å². The lowest BCUT2D eigenvalue weighted by atomic mass is 10.2. The molecular weight excluding hydrogens is 310 g/mol. The quantitative estimate of drug-likeness (QED) is 0.788. The van der Waals surface area contributed by atoms with E-state index < -0.39 is 11.7 Å². The summed E-state index contributed by atoms with van der Waals surface area (Å²) < 4.78 is 7.10. The number of hydrogen-bond donors (Lipinski definition) is 3. The SMILES string of the molecule is CC(C)(C)OC(=O)NCCn1c(C2CC2)c(N)c2nc[nH]c(=O)c21. The lowest BCUT2D eigenvalue weighted by molar-refractivity contribution is 0.0526. The fourth-order valence-electron chi connectivity index (χ4n) is 2.84. The number of amides is 1. The second kappa shape index (κ2) is 5.85. The van der Waals surface area contributed by atoms with E-state index >= 15 is 0 Å². The molecule has 24 heavy (non-hydrogen) atoms. The number of fused-ring (bicyclic) bond motifs is 1. The second-order valence-corrected chi connectivity index (χ2v) is 7.08. The maximum atomic E-state index is 12.2. The summed E-state index contributed by atoms with van der Waals surface area (Å²) in [6.45, 7) is 6.20. The minimum atomic E-state index is -0.547. The highest BCUT2D eigenvalue weighted by atomic mass is 16.6. The number of alkyl carbamates (subject to hydrolysis) is 1. The number of ether oxygens (including phenoxy) is 1. The molecule has 0 aromatic carbocycles. The van der Waals surface area contributed by atoms with Crippen LogP contribution in [0.15, 0.2) is 11.1 Å². The van der Waals surface area contributed by atoms with Crippen molar-refractivity contribution < 1.29 is 9.53 Å². The molecule has 1 aliphatic carbocycles. The number of H-pyrrole nitrogens is 1. The van der Waals surface area contributed by atoms with Crippen LogP contribution in [-0.4, -0.2) is 32.8 Å². The van der Waals surface area contributed by atoms with E-state index in [2.05, 4.69) is 15.3 Å². The van der Waals surface area contributed by atoms with Gasteiger partial charge in [0.15, 0.2) is 0 Å². The van der Waals surface area contributed by atoms with Gasteiger partial charge < -0.3 is 25.3 Å². The molecule has 2 heterocycles. The van der Waals surface area contributed by atoms with Gasteiger partial charge in [-0.2, -0.15) is 0 Å². The van der Waals surface area contributed by atoms with Crippen molar-refractivity contribution in [3.8, 4) is 0 Å². The van der Waals surface area contributed by atoms with E-state index in [1.807, 2.05) is 25.3 Å². The van der Waals surface area contributed by atoms with Crippen LogP contribution in [0.2, 0.25) is 0 Å². The third kappa shape index (κ3) is 3.22. The molecule has 0 aliphatic heterocycles. The molecule has 0 radical (unpaired) electrons. The van der Waals surface area contributed by atoms with Crippen LogP contribution in [-0.2, 0) is 11.3 Å². The first kappa shape index (κ1) is 16.4. The van der Waals surface area contributed by atoms with Crippen LogP contribution in [0.3, 0.4) is 0 Å². The maximum Gasteiger partial charge on any atom is 0.407 e. The van der Waals surface area contributed by atoms with E-state index in [-0.39, 0.29) is 5.56 Å². The number of anilines is 1. The summed E-state index contributed by atoms with van der Waals surface area (Å²) in [5, 5.41) is 2.71. The van der Waals surface area contributed by atoms with Gasteiger partial charge in [0.1, 0.15) is 16.6 Å². The Labute approximate surface area is 139 Å². The number of carbonyl (C=O) groups excluding carboxylic acids is 1. The smallest absolute Gasteiger partial charge is 0.407 e. The van der Waals surface area contributed by atoms with Crippen LogP contribution in [0.4, 0.5) is 10.5 Å². The molecule has 2 aromatic rings. The molecule has 3 rings (SSSR count). The highest BCUT2D eigenvalue weighted by Crippen LogP contribution is 2.45. The van der Waals surface area contributed by atoms with Crippen LogP contribution < -0.4 is 16.6 Å². The average Bonchev–Trinajstić information content (AvgIpc) is 3.24. The number of nitrogen functional groups attached to an aromatic ring is 1. The zero-order valence-corrected chi connectivity index (χ0v) is 14.2. The lowest BCUT2D eigenvalue weighted by Gasteiger charge is -2.20. The lowest BCUT2D eigenvalue weighted by Crippen LogP contribution is -2.34. The van der Waals surface area contributed by atoms with Gasteiger partial charge >= 0.3 is 6.09 Å². The molecule has 0 atom stereocenters. The Bertz CT molecular complexity index is 827. The van der Waals surface area contributed by atoms with E-state index in [1.54, 1.807) is 0 Å². The second-order valence-electron chi connectivity index (χ2n) is 7.08. The van der Waals surface area contributed by atoms with Crippen molar-refractivity contribution in [2.45, 2.75) is 51.7 Å². The molecule has 1 aliphatic rings. The third-order valence-electron chi connectivity index (χ3n) is 3.89. The van der Waals surface area contributed by atoms with E-state index in [9.17, 15) is 9.59 Å². The Morgan fingerprint density at radius 3 is 2.83 bits per heavy atom. The molecule has 4 N–H and O–H groups in total. The molecule has 1 amide bonds. The van der Waals surface area contributed by atoms with Crippen molar-refractivity contribution >= 4 is 22.8 Å². The van der Waals surface area contributed by atoms with Crippen LogP contribution in [0, 0.1) is 0 Å². The number of nitrogens with zero attached hydrogens (tertiary/aromatic N) is 2. The number of nitrogens with one attached hydrogen (secondary N) is 2. The van der Waals surface area contributed by atoms with Crippen molar-refractivity contribution in [2.24, 2.45) is 0 Å². The average molecular weight is 333 g/mol. The molecule has 1 fully saturated rings. The predicted molar refractivity (Wildman–Crippen MR) is 91.0 cm³/mol. The fourth-order valence-corrected chi connectivity index (χ4v) is 2.84. The number of rotatable bonds is 4. The summed E-state index contributed by atoms with van der Waals surface area (Å²) in [6.07, 6.45) is 2.99. The zero-order valence-electron chi connectivity index (χ0n) is 14.2. The van der Waals surface area contributed by atoms with E-state index in [1.165, 1.54) is 6.33 Å². The van der Waals surface area contributed by atoms with Crippen LogP contribution in [0.25, 0.3) is 11.0 Å². The first-order chi connectivity index (χ1) is 11.3. The van der Waals surface area contributed by atoms with Gasteiger partial charge in [-0.25, -0.2) is 9.78 Å². The largest absolute Gasteiger partial charge is 0.444 e. The number of aromatic amines is 1. The topological polar surface area (TPSA) is 115 Å². The van der Waals surface area contributed by atoms with E-state index in [0.29, 0.717) is 35.7 Å². The molecule has 130 valence electrons. The molecule has 2 aromatic heterocycles. The minimum Gasteiger partial charge on any atom is -0.444 e. The molecule has 0 saturated heterocycles. The molecule has 0 unspecified atom stereocenters. The van der Waals surface area contributed by atoms with Crippen molar-refractivity contribution in [3.63, 3.8) is 0 Å². The third-order valence-corrected chi connectivity index (χ3v) is 3.89. The Morgan fingerprint density at radius 1 is 1.50 bits per heavy atom.